The van der Waals surface area contributed by atoms with Crippen molar-refractivity contribution in [2.24, 2.45) is 4.99 Å². The monoisotopic (exact) mass is 372 g/mol. The van der Waals surface area contributed by atoms with Gasteiger partial charge in [-0.05, 0) is 12.1 Å². The molecule has 0 bridgehead atoms. The van der Waals surface area contributed by atoms with Gasteiger partial charge in [-0.2, -0.15) is 31.3 Å². The van der Waals surface area contributed by atoms with Crippen LogP contribution in [0.3, 0.4) is 0 Å². The van der Waals surface area contributed by atoms with E-state index in [1.165, 1.54) is 11.9 Å². The minimum Gasteiger partial charge on any atom is -0.350 e. The molecular formula is C13H10F6N2O2S. The van der Waals surface area contributed by atoms with Gasteiger partial charge in [0.05, 0.1) is 5.75 Å². The second kappa shape index (κ2) is 5.96. The number of amides is 1. The van der Waals surface area contributed by atoms with Crippen molar-refractivity contribution in [3.05, 3.63) is 29.8 Å². The molecule has 1 unspecified atom stereocenters. The Morgan fingerprint density at radius 3 is 2.08 bits per heavy atom. The van der Waals surface area contributed by atoms with Gasteiger partial charge in [-0.1, -0.05) is 23.9 Å². The normalized spacial score (nSPS) is 18.3. The highest BCUT2D eigenvalue weighted by Crippen LogP contribution is 2.49. The van der Waals surface area contributed by atoms with Crippen LogP contribution in [0.1, 0.15) is 5.56 Å². The predicted molar refractivity (Wildman–Crippen MR) is 75.8 cm³/mol. The third-order valence-electron chi connectivity index (χ3n) is 3.24. The summed E-state index contributed by atoms with van der Waals surface area (Å²) in [5.41, 5.74) is -1.11. The number of hydrogen-bond donors (Lipinski definition) is 1. The van der Waals surface area contributed by atoms with Crippen molar-refractivity contribution in [2.45, 2.75) is 18.0 Å². The molecule has 1 aromatic carbocycles. The molecule has 4 nitrogen and oxygen atoms in total. The van der Waals surface area contributed by atoms with Gasteiger partial charge in [0.1, 0.15) is 0 Å². The number of halogens is 6. The first-order valence-corrected chi connectivity index (χ1v) is 7.31. The van der Waals surface area contributed by atoms with E-state index in [-0.39, 0.29) is 22.5 Å². The molecule has 11 heteroatoms. The van der Waals surface area contributed by atoms with Gasteiger partial charge >= 0.3 is 18.0 Å². The summed E-state index contributed by atoms with van der Waals surface area (Å²) >= 11 is 1.10. The Kier molecular flexibility index (Phi) is 4.61. The van der Waals surface area contributed by atoms with Crippen LogP contribution in [0.15, 0.2) is 29.3 Å². The summed E-state index contributed by atoms with van der Waals surface area (Å²) < 4.78 is 77.5. The minimum atomic E-state index is -6.17. The molecular weight excluding hydrogens is 362 g/mol. The Morgan fingerprint density at radius 2 is 1.67 bits per heavy atom. The zero-order valence-electron chi connectivity index (χ0n) is 11.9. The molecule has 0 spiro atoms. The first-order valence-electron chi connectivity index (χ1n) is 6.32. The van der Waals surface area contributed by atoms with E-state index in [0.29, 0.717) is 12.1 Å². The molecule has 1 N–H and O–H groups in total. The van der Waals surface area contributed by atoms with Crippen molar-refractivity contribution >= 4 is 28.5 Å². The van der Waals surface area contributed by atoms with Crippen LogP contribution in [0.5, 0.6) is 0 Å². The molecule has 0 saturated carbocycles. The summed E-state index contributed by atoms with van der Waals surface area (Å²) in [4.78, 5) is 16.1. The number of alkyl halides is 6. The van der Waals surface area contributed by atoms with Gasteiger partial charge in [0, 0.05) is 18.3 Å². The van der Waals surface area contributed by atoms with Gasteiger partial charge in [0.2, 0.25) is 0 Å². The van der Waals surface area contributed by atoms with Crippen LogP contribution in [0.2, 0.25) is 0 Å². The number of carbonyl (C=O) groups excluding carboxylic acids is 1. The molecule has 0 radical (unpaired) electrons. The SMILES string of the molecule is CN(C1=NC(=O)CS1)c1ccc(C(F)(F)C(O)(F)C(F)(F)F)cc1. The van der Waals surface area contributed by atoms with E-state index in [1.54, 1.807) is 0 Å². The smallest absolute Gasteiger partial charge is 0.350 e. The van der Waals surface area contributed by atoms with Crippen molar-refractivity contribution in [1.82, 2.24) is 0 Å². The lowest BCUT2D eigenvalue weighted by molar-refractivity contribution is -0.390. The number of hydrogen-bond acceptors (Lipinski definition) is 4. The van der Waals surface area contributed by atoms with Crippen molar-refractivity contribution in [1.29, 1.82) is 0 Å². The molecule has 24 heavy (non-hydrogen) atoms. The zero-order valence-corrected chi connectivity index (χ0v) is 12.8. The fraction of sp³-hybridized carbons (Fsp3) is 0.385. The quantitative estimate of drug-likeness (QED) is 0.829. The fourth-order valence-electron chi connectivity index (χ4n) is 1.84. The summed E-state index contributed by atoms with van der Waals surface area (Å²) in [6.07, 6.45) is -6.17. The predicted octanol–water partition coefficient (Wildman–Crippen LogP) is 3.06. The standard InChI is InChI=1S/C13H10F6N2O2S/c1-21(10-20-9(22)6-24-10)8-4-2-7(3-5-8)11(14,15)12(16,23)13(17,18)19/h2-5,23H,6H2,1H3. The zero-order chi connectivity index (χ0) is 18.3. The molecule has 0 aromatic heterocycles. The van der Waals surface area contributed by atoms with E-state index >= 15 is 0 Å². The maximum atomic E-state index is 13.7. The Labute approximate surface area is 136 Å². The first kappa shape index (κ1) is 18.6. The van der Waals surface area contributed by atoms with Crippen molar-refractivity contribution in [2.75, 3.05) is 17.7 Å². The highest BCUT2D eigenvalue weighted by atomic mass is 32.2. The van der Waals surface area contributed by atoms with Crippen LogP contribution in [0.25, 0.3) is 0 Å². The topological polar surface area (TPSA) is 52.9 Å². The number of thioether (sulfide) groups is 1. The summed E-state index contributed by atoms with van der Waals surface area (Å²) in [5, 5.41) is 8.89. The molecule has 0 saturated heterocycles. The number of rotatable bonds is 3. The molecule has 1 aromatic rings. The Morgan fingerprint density at radius 1 is 1.12 bits per heavy atom. The summed E-state index contributed by atoms with van der Waals surface area (Å²) in [7, 11) is 1.47. The number of aliphatic imine (C=N–C) groups is 1. The second-order valence-electron chi connectivity index (χ2n) is 4.88. The van der Waals surface area contributed by atoms with E-state index in [9.17, 15) is 31.1 Å². The van der Waals surface area contributed by atoms with Gasteiger partial charge in [-0.15, -0.1) is 0 Å². The maximum absolute atomic E-state index is 13.7. The van der Waals surface area contributed by atoms with Crippen LogP contribution >= 0.6 is 11.8 Å². The number of carbonyl (C=O) groups is 1. The molecule has 1 heterocycles. The van der Waals surface area contributed by atoms with Crippen molar-refractivity contribution < 1.29 is 36.2 Å². The van der Waals surface area contributed by atoms with Crippen LogP contribution in [-0.2, 0) is 10.7 Å². The molecule has 1 aliphatic heterocycles. The van der Waals surface area contributed by atoms with Gasteiger partial charge in [-0.3, -0.25) is 4.79 Å². The summed E-state index contributed by atoms with van der Waals surface area (Å²) in [6.45, 7) is 0. The van der Waals surface area contributed by atoms with E-state index in [2.05, 4.69) is 4.99 Å². The Bertz CT molecular complexity index is 672. The summed E-state index contributed by atoms with van der Waals surface area (Å²) in [6, 6.07) is 3.12. The molecule has 132 valence electrons. The van der Waals surface area contributed by atoms with Crippen LogP contribution in [-0.4, -0.2) is 41.0 Å². The number of amidine groups is 1. The third kappa shape index (κ3) is 3.09. The molecule has 1 aliphatic rings. The lowest BCUT2D eigenvalue weighted by Gasteiger charge is -2.30. The van der Waals surface area contributed by atoms with E-state index in [1.807, 2.05) is 0 Å². The summed E-state index contributed by atoms with van der Waals surface area (Å²) in [5.74, 6) is -11.2. The molecule has 2 rings (SSSR count). The average Bonchev–Trinajstić information content (AvgIpc) is 2.92. The van der Waals surface area contributed by atoms with Gasteiger partial charge in [0.15, 0.2) is 5.17 Å². The van der Waals surface area contributed by atoms with Crippen LogP contribution in [0.4, 0.5) is 32.0 Å². The third-order valence-corrected chi connectivity index (χ3v) is 4.26. The second-order valence-corrected chi connectivity index (χ2v) is 5.82. The lowest BCUT2D eigenvalue weighted by Crippen LogP contribution is -2.53. The van der Waals surface area contributed by atoms with Crippen molar-refractivity contribution in [3.8, 4) is 0 Å². The minimum absolute atomic E-state index is 0.121. The van der Waals surface area contributed by atoms with E-state index in [4.69, 9.17) is 5.11 Å². The Hall–Kier alpha value is -1.75. The van der Waals surface area contributed by atoms with Gasteiger partial charge < -0.3 is 10.0 Å². The van der Waals surface area contributed by atoms with Crippen LogP contribution in [0, 0.1) is 0 Å². The lowest BCUT2D eigenvalue weighted by atomic mass is 10.0. The number of nitrogens with zero attached hydrogens (tertiary/aromatic N) is 2. The number of anilines is 1. The molecule has 1 atom stereocenters. The largest absolute Gasteiger partial charge is 0.455 e. The number of benzene rings is 1. The van der Waals surface area contributed by atoms with Crippen LogP contribution < -0.4 is 4.90 Å². The van der Waals surface area contributed by atoms with E-state index in [0.717, 1.165) is 23.9 Å². The molecule has 1 amide bonds. The highest BCUT2D eigenvalue weighted by Gasteiger charge is 2.71. The van der Waals surface area contributed by atoms with Crippen molar-refractivity contribution in [3.63, 3.8) is 0 Å². The Balaban J connectivity index is 2.29. The van der Waals surface area contributed by atoms with Gasteiger partial charge in [-0.25, -0.2) is 0 Å². The molecule has 0 aliphatic carbocycles. The maximum Gasteiger partial charge on any atom is 0.455 e. The fourth-order valence-corrected chi connectivity index (χ4v) is 2.63. The van der Waals surface area contributed by atoms with Gasteiger partial charge in [0.25, 0.3) is 5.91 Å². The van der Waals surface area contributed by atoms with E-state index < -0.39 is 23.5 Å². The molecule has 0 fully saturated rings. The highest BCUT2D eigenvalue weighted by molar-refractivity contribution is 8.15. The average molecular weight is 372 g/mol. The number of aliphatic hydroxyl groups is 1. The first-order chi connectivity index (χ1) is 10.9.